The number of benzene rings is 1. The first-order chi connectivity index (χ1) is 14.1. The number of sulfone groups is 1. The van der Waals surface area contributed by atoms with E-state index >= 15 is 0 Å². The van der Waals surface area contributed by atoms with Crippen LogP contribution in [0, 0.1) is 11.2 Å². The van der Waals surface area contributed by atoms with Crippen LogP contribution in [0.2, 0.25) is 0 Å². The molecule has 1 aromatic rings. The summed E-state index contributed by atoms with van der Waals surface area (Å²) in [5, 5.41) is 6.67. The zero-order valence-electron chi connectivity index (χ0n) is 18.4. The van der Waals surface area contributed by atoms with Crippen molar-refractivity contribution in [2.45, 2.75) is 26.3 Å². The summed E-state index contributed by atoms with van der Waals surface area (Å²) in [5.41, 5.74) is 0.844. The Morgan fingerprint density at radius 2 is 1.87 bits per heavy atom. The highest BCUT2D eigenvalue weighted by molar-refractivity contribution is 7.90. The number of hydrogen-bond acceptors (Lipinski definition) is 5. The van der Waals surface area contributed by atoms with Crippen LogP contribution in [0.4, 0.5) is 4.39 Å². The molecule has 0 saturated carbocycles. The summed E-state index contributed by atoms with van der Waals surface area (Å²) in [4.78, 5) is 6.62. The lowest BCUT2D eigenvalue weighted by molar-refractivity contribution is 0.0170. The molecule has 7 nitrogen and oxygen atoms in total. The average molecular weight is 443 g/mol. The fourth-order valence-electron chi connectivity index (χ4n) is 3.32. The summed E-state index contributed by atoms with van der Waals surface area (Å²) >= 11 is 0. The summed E-state index contributed by atoms with van der Waals surface area (Å²) in [7, 11) is -1.28. The summed E-state index contributed by atoms with van der Waals surface area (Å²) < 4.78 is 41.8. The number of morpholine rings is 1. The largest absolute Gasteiger partial charge is 0.379 e. The van der Waals surface area contributed by atoms with Gasteiger partial charge in [0.2, 0.25) is 0 Å². The number of rotatable bonds is 9. The Balaban J connectivity index is 1.97. The molecule has 0 spiro atoms. The van der Waals surface area contributed by atoms with Crippen molar-refractivity contribution < 1.29 is 17.5 Å². The topological polar surface area (TPSA) is 83.0 Å². The normalized spacial score (nSPS) is 17.6. The van der Waals surface area contributed by atoms with Crippen LogP contribution >= 0.6 is 0 Å². The smallest absolute Gasteiger partial charge is 0.191 e. The Hall–Kier alpha value is -1.71. The highest BCUT2D eigenvalue weighted by Gasteiger charge is 2.24. The minimum atomic E-state index is -2.99. The molecule has 1 aliphatic heterocycles. The Bertz CT molecular complexity index is 791. The van der Waals surface area contributed by atoms with E-state index in [1.165, 1.54) is 18.4 Å². The summed E-state index contributed by atoms with van der Waals surface area (Å²) in [6.07, 6.45) is 1.83. The third-order valence-corrected chi connectivity index (χ3v) is 6.26. The van der Waals surface area contributed by atoms with Gasteiger partial charge in [0.15, 0.2) is 5.96 Å². The van der Waals surface area contributed by atoms with Crippen molar-refractivity contribution in [2.24, 2.45) is 10.4 Å². The molecule has 170 valence electrons. The lowest BCUT2D eigenvalue weighted by Crippen LogP contribution is -2.47. The van der Waals surface area contributed by atoms with Gasteiger partial charge in [-0.3, -0.25) is 9.89 Å². The molecule has 1 unspecified atom stereocenters. The molecule has 1 aromatic carbocycles. The van der Waals surface area contributed by atoms with Crippen LogP contribution in [0.5, 0.6) is 0 Å². The Labute approximate surface area is 180 Å². The molecule has 2 rings (SSSR count). The quantitative estimate of drug-likeness (QED) is 0.448. The Morgan fingerprint density at radius 3 is 2.43 bits per heavy atom. The van der Waals surface area contributed by atoms with Crippen LogP contribution in [0.15, 0.2) is 29.3 Å². The van der Waals surface area contributed by atoms with Crippen LogP contribution < -0.4 is 10.6 Å². The van der Waals surface area contributed by atoms with Crippen LogP contribution in [-0.2, 0) is 14.6 Å². The third kappa shape index (κ3) is 8.57. The number of guanidine groups is 1. The number of nitrogens with zero attached hydrogens (tertiary/aromatic N) is 2. The van der Waals surface area contributed by atoms with Gasteiger partial charge in [-0.05, 0) is 29.5 Å². The molecule has 0 aliphatic carbocycles. The zero-order valence-corrected chi connectivity index (χ0v) is 19.3. The molecule has 1 heterocycles. The van der Waals surface area contributed by atoms with E-state index in [-0.39, 0.29) is 23.0 Å². The van der Waals surface area contributed by atoms with Crippen molar-refractivity contribution in [2.75, 3.05) is 58.4 Å². The van der Waals surface area contributed by atoms with Crippen molar-refractivity contribution in [3.8, 4) is 0 Å². The summed E-state index contributed by atoms with van der Waals surface area (Å²) in [5.74, 6) is 0.571. The zero-order chi connectivity index (χ0) is 22.2. The molecule has 1 fully saturated rings. The van der Waals surface area contributed by atoms with Crippen LogP contribution in [-0.4, -0.2) is 77.7 Å². The fourth-order valence-corrected chi connectivity index (χ4v) is 4.24. The minimum Gasteiger partial charge on any atom is -0.379 e. The fraction of sp³-hybridized carbons (Fsp3) is 0.667. The first-order valence-corrected chi connectivity index (χ1v) is 12.4. The van der Waals surface area contributed by atoms with Gasteiger partial charge in [-0.25, -0.2) is 12.8 Å². The van der Waals surface area contributed by atoms with Crippen LogP contribution in [0.1, 0.15) is 31.9 Å². The predicted octanol–water partition coefficient (Wildman–Crippen LogP) is 1.82. The minimum absolute atomic E-state index is 0.0614. The third-order valence-electron chi connectivity index (χ3n) is 5.31. The van der Waals surface area contributed by atoms with Crippen LogP contribution in [0.25, 0.3) is 0 Å². The van der Waals surface area contributed by atoms with Crippen molar-refractivity contribution >= 4 is 15.8 Å². The van der Waals surface area contributed by atoms with Gasteiger partial charge in [0, 0.05) is 39.5 Å². The van der Waals surface area contributed by atoms with E-state index in [0.29, 0.717) is 38.7 Å². The molecule has 0 amide bonds. The van der Waals surface area contributed by atoms with E-state index in [1.54, 1.807) is 7.05 Å². The highest BCUT2D eigenvalue weighted by atomic mass is 32.2. The number of ether oxygens (including phenoxy) is 1. The van der Waals surface area contributed by atoms with Crippen molar-refractivity contribution in [1.29, 1.82) is 0 Å². The molecule has 0 bridgehead atoms. The summed E-state index contributed by atoms with van der Waals surface area (Å²) in [6, 6.07) is 6.68. The monoisotopic (exact) mass is 442 g/mol. The van der Waals surface area contributed by atoms with Gasteiger partial charge < -0.3 is 15.4 Å². The lowest BCUT2D eigenvalue weighted by Gasteiger charge is -2.35. The van der Waals surface area contributed by atoms with Gasteiger partial charge in [0.05, 0.1) is 25.0 Å². The first-order valence-electron chi connectivity index (χ1n) is 10.3. The SMILES string of the molecule is CN=C(NCC(c1ccc(F)cc1)N1CCOCC1)NCC(C)(C)CCS(C)(=O)=O. The number of nitrogens with one attached hydrogen (secondary N) is 2. The highest BCUT2D eigenvalue weighted by Crippen LogP contribution is 2.22. The van der Waals surface area contributed by atoms with E-state index in [2.05, 4.69) is 20.5 Å². The Kier molecular flexibility index (Phi) is 9.06. The molecular formula is C21H35FN4O3S. The maximum absolute atomic E-state index is 13.4. The second kappa shape index (κ2) is 11.1. The maximum atomic E-state index is 13.4. The molecule has 1 saturated heterocycles. The van der Waals surface area contributed by atoms with E-state index in [4.69, 9.17) is 4.74 Å². The van der Waals surface area contributed by atoms with E-state index in [0.717, 1.165) is 18.7 Å². The van der Waals surface area contributed by atoms with Gasteiger partial charge in [0.25, 0.3) is 0 Å². The molecule has 1 atom stereocenters. The van der Waals surface area contributed by atoms with E-state index < -0.39 is 9.84 Å². The number of hydrogen-bond donors (Lipinski definition) is 2. The standard InChI is InChI=1S/C21H35FN4O3S/c1-21(2,9-14-30(4,27)28)16-25-20(23-3)24-15-19(26-10-12-29-13-11-26)17-5-7-18(22)8-6-17/h5-8,19H,9-16H2,1-4H3,(H2,23,24,25). The average Bonchev–Trinajstić information content (AvgIpc) is 2.70. The van der Waals surface area contributed by atoms with E-state index in [9.17, 15) is 12.8 Å². The van der Waals surface area contributed by atoms with Crippen molar-refractivity contribution in [3.05, 3.63) is 35.6 Å². The molecule has 30 heavy (non-hydrogen) atoms. The van der Waals surface area contributed by atoms with Gasteiger partial charge in [0.1, 0.15) is 15.7 Å². The molecule has 0 radical (unpaired) electrons. The molecule has 9 heteroatoms. The molecule has 1 aliphatic rings. The number of halogens is 1. The van der Waals surface area contributed by atoms with Crippen molar-refractivity contribution in [1.82, 2.24) is 15.5 Å². The lowest BCUT2D eigenvalue weighted by atomic mass is 9.90. The molecule has 2 N–H and O–H groups in total. The van der Waals surface area contributed by atoms with Gasteiger partial charge in [-0.2, -0.15) is 0 Å². The molecular weight excluding hydrogens is 407 g/mol. The second-order valence-electron chi connectivity index (χ2n) is 8.57. The Morgan fingerprint density at radius 1 is 1.23 bits per heavy atom. The molecule has 0 aromatic heterocycles. The summed E-state index contributed by atoms with van der Waals surface area (Å²) in [6.45, 7) is 8.26. The van der Waals surface area contributed by atoms with E-state index in [1.807, 2.05) is 26.0 Å². The number of aliphatic imine (C=N–C) groups is 1. The van der Waals surface area contributed by atoms with Crippen LogP contribution in [0.3, 0.4) is 0 Å². The predicted molar refractivity (Wildman–Crippen MR) is 119 cm³/mol. The van der Waals surface area contributed by atoms with Gasteiger partial charge in [-0.15, -0.1) is 0 Å². The van der Waals surface area contributed by atoms with Gasteiger partial charge >= 0.3 is 0 Å². The van der Waals surface area contributed by atoms with Gasteiger partial charge in [-0.1, -0.05) is 26.0 Å². The second-order valence-corrected chi connectivity index (χ2v) is 10.8. The van der Waals surface area contributed by atoms with Crippen molar-refractivity contribution in [3.63, 3.8) is 0 Å². The maximum Gasteiger partial charge on any atom is 0.191 e. The first kappa shape index (κ1) is 24.6.